The number of nitrogens with one attached hydrogen (secondary N) is 1. The van der Waals surface area contributed by atoms with Crippen molar-refractivity contribution in [2.24, 2.45) is 0 Å². The molecular weight excluding hydrogens is 454 g/mol. The first-order chi connectivity index (χ1) is 17.7. The average molecular weight is 494 g/mol. The lowest BCUT2D eigenvalue weighted by Crippen LogP contribution is -2.62. The minimum atomic E-state index is 0.0917. The molecule has 3 heterocycles. The van der Waals surface area contributed by atoms with E-state index in [1.54, 1.807) is 0 Å². The molecule has 1 aliphatic heterocycles. The molecule has 2 aromatic carbocycles. The van der Waals surface area contributed by atoms with Gasteiger partial charge < -0.3 is 10.2 Å². The number of rotatable bonds is 7. The zero-order chi connectivity index (χ0) is 26.0. The summed E-state index contributed by atoms with van der Waals surface area (Å²) >= 11 is 0. The molecule has 0 amide bonds. The maximum atomic E-state index is 4.70. The number of hydrogen-bond donors (Lipinski definition) is 1. The van der Waals surface area contributed by atoms with Gasteiger partial charge in [-0.1, -0.05) is 42.5 Å². The second kappa shape index (κ2) is 10.2. The Hall–Kier alpha value is -3.31. The quantitative estimate of drug-likeness (QED) is 0.314. The minimum Gasteiger partial charge on any atom is -0.355 e. The standard InChI is InChI=1S/C32H39N5/c1-31(2)20-28(21-32(3,4)36-31)37(5)30-17-16-29(34-35-30)24-14-15-25-22-33-27(19-26(25)18-24)13-9-12-23-10-7-6-8-11-23/h6-8,10-11,14-19,22,28,36H,9,12-13,20-21H2,1-5H3. The SMILES string of the molecule is CN(c1ccc(-c2ccc3cnc(CCCc4ccccc4)cc3c2)nn1)C1CC(C)(C)NC(C)(C)C1. The summed E-state index contributed by atoms with van der Waals surface area (Å²) in [6, 6.07) is 24.0. The second-order valence-corrected chi connectivity index (χ2v) is 11.9. The third-order valence-corrected chi connectivity index (χ3v) is 7.54. The number of fused-ring (bicyclic) bond motifs is 1. The Kier molecular flexibility index (Phi) is 7.00. The maximum Gasteiger partial charge on any atom is 0.151 e. The maximum absolute atomic E-state index is 4.70. The third kappa shape index (κ3) is 6.16. The van der Waals surface area contributed by atoms with Gasteiger partial charge in [0.15, 0.2) is 5.82 Å². The summed E-state index contributed by atoms with van der Waals surface area (Å²) in [6.45, 7) is 9.14. The van der Waals surface area contributed by atoms with Crippen molar-refractivity contribution in [1.29, 1.82) is 0 Å². The number of aryl methyl sites for hydroxylation is 2. The van der Waals surface area contributed by atoms with Gasteiger partial charge in [-0.3, -0.25) is 4.98 Å². The second-order valence-electron chi connectivity index (χ2n) is 11.9. The van der Waals surface area contributed by atoms with E-state index in [1.165, 1.54) is 10.9 Å². The lowest BCUT2D eigenvalue weighted by molar-refractivity contribution is 0.160. The molecule has 5 heteroatoms. The van der Waals surface area contributed by atoms with Crippen molar-refractivity contribution in [3.8, 4) is 11.3 Å². The van der Waals surface area contributed by atoms with Gasteiger partial charge in [-0.25, -0.2) is 0 Å². The van der Waals surface area contributed by atoms with Crippen LogP contribution in [-0.4, -0.2) is 39.3 Å². The molecule has 1 saturated heterocycles. The summed E-state index contributed by atoms with van der Waals surface area (Å²) in [6.07, 6.45) is 7.27. The van der Waals surface area contributed by atoms with Crippen LogP contribution < -0.4 is 10.2 Å². The summed E-state index contributed by atoms with van der Waals surface area (Å²) in [5.74, 6) is 0.924. The Morgan fingerprint density at radius 2 is 1.59 bits per heavy atom. The van der Waals surface area contributed by atoms with Crippen molar-refractivity contribution >= 4 is 16.6 Å². The number of anilines is 1. The highest BCUT2D eigenvalue weighted by Crippen LogP contribution is 2.33. The number of benzene rings is 2. The van der Waals surface area contributed by atoms with E-state index in [0.717, 1.165) is 60.3 Å². The summed E-state index contributed by atoms with van der Waals surface area (Å²) in [5.41, 5.74) is 4.68. The Morgan fingerprint density at radius 1 is 0.838 bits per heavy atom. The highest BCUT2D eigenvalue weighted by atomic mass is 15.3. The highest BCUT2D eigenvalue weighted by molar-refractivity contribution is 5.86. The van der Waals surface area contributed by atoms with Gasteiger partial charge in [0.1, 0.15) is 0 Å². The third-order valence-electron chi connectivity index (χ3n) is 7.54. The molecule has 1 aliphatic rings. The van der Waals surface area contributed by atoms with Gasteiger partial charge in [-0.15, -0.1) is 10.2 Å². The van der Waals surface area contributed by atoms with Crippen LogP contribution >= 0.6 is 0 Å². The average Bonchev–Trinajstić information content (AvgIpc) is 2.87. The number of aromatic nitrogens is 3. The van der Waals surface area contributed by atoms with Crippen LogP contribution in [0.3, 0.4) is 0 Å². The van der Waals surface area contributed by atoms with Crippen molar-refractivity contribution < 1.29 is 0 Å². The predicted octanol–water partition coefficient (Wildman–Crippen LogP) is 6.61. The smallest absolute Gasteiger partial charge is 0.151 e. The molecular formula is C32H39N5. The van der Waals surface area contributed by atoms with E-state index in [1.807, 2.05) is 6.20 Å². The fourth-order valence-electron chi connectivity index (χ4n) is 6.00. The van der Waals surface area contributed by atoms with Crippen LogP contribution in [0.5, 0.6) is 0 Å². The fraction of sp³-hybridized carbons (Fsp3) is 0.406. The minimum absolute atomic E-state index is 0.0917. The van der Waals surface area contributed by atoms with Gasteiger partial charge in [-0.2, -0.15) is 0 Å². The van der Waals surface area contributed by atoms with E-state index in [4.69, 9.17) is 4.98 Å². The van der Waals surface area contributed by atoms with Crippen molar-refractivity contribution in [2.45, 2.75) is 76.9 Å². The van der Waals surface area contributed by atoms with Gasteiger partial charge in [0.25, 0.3) is 0 Å². The van der Waals surface area contributed by atoms with Crippen molar-refractivity contribution in [2.75, 3.05) is 11.9 Å². The molecule has 0 spiro atoms. The normalized spacial score (nSPS) is 17.1. The van der Waals surface area contributed by atoms with Gasteiger partial charge in [-0.05, 0) is 95.0 Å². The first kappa shape index (κ1) is 25.3. The summed E-state index contributed by atoms with van der Waals surface area (Å²) in [7, 11) is 2.15. The predicted molar refractivity (Wildman–Crippen MR) is 154 cm³/mol. The zero-order valence-electron chi connectivity index (χ0n) is 22.8. The van der Waals surface area contributed by atoms with Crippen LogP contribution in [0, 0.1) is 0 Å². The van der Waals surface area contributed by atoms with Crippen LogP contribution in [0.25, 0.3) is 22.0 Å². The van der Waals surface area contributed by atoms with Crippen LogP contribution in [0.1, 0.15) is 58.2 Å². The van der Waals surface area contributed by atoms with Crippen LogP contribution in [0.2, 0.25) is 0 Å². The van der Waals surface area contributed by atoms with Crippen LogP contribution in [-0.2, 0) is 12.8 Å². The number of hydrogen-bond acceptors (Lipinski definition) is 5. The molecule has 2 aromatic heterocycles. The van der Waals surface area contributed by atoms with Crippen molar-refractivity contribution in [3.63, 3.8) is 0 Å². The number of pyridine rings is 1. The summed E-state index contributed by atoms with van der Waals surface area (Å²) in [5, 5.41) is 15.4. The first-order valence-electron chi connectivity index (χ1n) is 13.5. The van der Waals surface area contributed by atoms with Gasteiger partial charge in [0.05, 0.1) is 5.69 Å². The van der Waals surface area contributed by atoms with Gasteiger partial charge in [0, 0.05) is 47.0 Å². The molecule has 5 rings (SSSR count). The van der Waals surface area contributed by atoms with E-state index in [9.17, 15) is 0 Å². The van der Waals surface area contributed by atoms with Gasteiger partial charge >= 0.3 is 0 Å². The fourth-order valence-corrected chi connectivity index (χ4v) is 6.00. The van der Waals surface area contributed by atoms with Gasteiger partial charge in [0.2, 0.25) is 0 Å². The molecule has 37 heavy (non-hydrogen) atoms. The Labute approximate surface area is 221 Å². The van der Waals surface area contributed by atoms with E-state index in [0.29, 0.717) is 6.04 Å². The molecule has 192 valence electrons. The van der Waals surface area contributed by atoms with E-state index < -0.39 is 0 Å². The zero-order valence-corrected chi connectivity index (χ0v) is 22.8. The topological polar surface area (TPSA) is 53.9 Å². The monoisotopic (exact) mass is 493 g/mol. The van der Waals surface area contributed by atoms with E-state index >= 15 is 0 Å². The van der Waals surface area contributed by atoms with Crippen molar-refractivity contribution in [1.82, 2.24) is 20.5 Å². The van der Waals surface area contributed by atoms with Crippen molar-refractivity contribution in [3.05, 3.63) is 84.2 Å². The molecule has 0 unspecified atom stereocenters. The molecule has 0 radical (unpaired) electrons. The van der Waals surface area contributed by atoms with Crippen LogP contribution in [0.15, 0.2) is 72.9 Å². The number of nitrogens with zero attached hydrogens (tertiary/aromatic N) is 4. The molecule has 4 aromatic rings. The molecule has 0 bridgehead atoms. The van der Waals surface area contributed by atoms with Crippen LogP contribution in [0.4, 0.5) is 5.82 Å². The molecule has 1 fully saturated rings. The Balaban J connectivity index is 1.29. The summed E-state index contributed by atoms with van der Waals surface area (Å²) in [4.78, 5) is 7.00. The molecule has 1 N–H and O–H groups in total. The Morgan fingerprint density at radius 3 is 2.30 bits per heavy atom. The largest absolute Gasteiger partial charge is 0.355 e. The Bertz CT molecular complexity index is 1330. The molecule has 0 atom stereocenters. The lowest BCUT2D eigenvalue weighted by atomic mass is 9.79. The van der Waals surface area contributed by atoms with E-state index in [-0.39, 0.29) is 11.1 Å². The highest BCUT2D eigenvalue weighted by Gasteiger charge is 2.39. The molecule has 0 saturated carbocycles. The summed E-state index contributed by atoms with van der Waals surface area (Å²) < 4.78 is 0. The molecule has 0 aliphatic carbocycles. The number of piperidine rings is 1. The van der Waals surface area contributed by atoms with E-state index in [2.05, 4.69) is 122 Å². The first-order valence-corrected chi connectivity index (χ1v) is 13.5. The molecule has 5 nitrogen and oxygen atoms in total. The lowest BCUT2D eigenvalue weighted by Gasteiger charge is -2.49.